The summed E-state index contributed by atoms with van der Waals surface area (Å²) in [5.74, 6) is 2.24. The van der Waals surface area contributed by atoms with Crippen molar-refractivity contribution in [1.29, 1.82) is 0 Å². The van der Waals surface area contributed by atoms with Crippen molar-refractivity contribution in [3.63, 3.8) is 0 Å². The zero-order valence-corrected chi connectivity index (χ0v) is 27.1. The molecule has 1 fully saturated rings. The first kappa shape index (κ1) is 28.7. The molecule has 0 N–H and O–H groups in total. The van der Waals surface area contributed by atoms with Gasteiger partial charge in [0.1, 0.15) is 5.75 Å². The SMILES string of the molecule is COc1cc2c3c(c4c(c2cc1OC)-c1ccc(C)cc1C4(C)C)C=CC(c1ccccc1)(c1ccc(N2CCOCC2)cc1)O3. The number of nitrogens with zero attached hydrogens (tertiary/aromatic N) is 1. The number of methoxy groups -OCH3 is 2. The van der Waals surface area contributed by atoms with Crippen LogP contribution in [0.4, 0.5) is 5.69 Å². The summed E-state index contributed by atoms with van der Waals surface area (Å²) in [6.07, 6.45) is 4.56. The van der Waals surface area contributed by atoms with Gasteiger partial charge in [0, 0.05) is 46.3 Å². The number of aryl methyl sites for hydroxylation is 1. The smallest absolute Gasteiger partial charge is 0.178 e. The number of benzene rings is 5. The topological polar surface area (TPSA) is 40.2 Å². The molecule has 0 bridgehead atoms. The van der Waals surface area contributed by atoms with Gasteiger partial charge >= 0.3 is 0 Å². The Labute approximate surface area is 271 Å². The van der Waals surface area contributed by atoms with Crippen LogP contribution in [0.25, 0.3) is 28.0 Å². The van der Waals surface area contributed by atoms with E-state index >= 15 is 0 Å². The first-order chi connectivity index (χ1) is 22.4. The Hall–Kier alpha value is -4.74. The van der Waals surface area contributed by atoms with Crippen molar-refractivity contribution < 1.29 is 18.9 Å². The molecule has 232 valence electrons. The zero-order chi connectivity index (χ0) is 31.6. The molecule has 46 heavy (non-hydrogen) atoms. The van der Waals surface area contributed by atoms with Crippen molar-refractivity contribution in [2.24, 2.45) is 0 Å². The highest BCUT2D eigenvalue weighted by Gasteiger charge is 2.44. The molecular formula is C41H39NO4. The van der Waals surface area contributed by atoms with Crippen molar-refractivity contribution >= 4 is 22.5 Å². The van der Waals surface area contributed by atoms with Crippen LogP contribution in [0.1, 0.15) is 47.2 Å². The third-order valence-corrected chi connectivity index (χ3v) is 10.2. The highest BCUT2D eigenvalue weighted by Crippen LogP contribution is 2.59. The second-order valence-electron chi connectivity index (χ2n) is 13.1. The van der Waals surface area contributed by atoms with Gasteiger partial charge in [-0.2, -0.15) is 0 Å². The molecule has 2 heterocycles. The van der Waals surface area contributed by atoms with Gasteiger partial charge < -0.3 is 23.8 Å². The lowest BCUT2D eigenvalue weighted by atomic mass is 9.76. The average molecular weight is 610 g/mol. The van der Waals surface area contributed by atoms with Gasteiger partial charge in [-0.25, -0.2) is 0 Å². The summed E-state index contributed by atoms with van der Waals surface area (Å²) in [4.78, 5) is 2.38. The molecule has 0 amide bonds. The van der Waals surface area contributed by atoms with Crippen LogP contribution in [0.3, 0.4) is 0 Å². The standard InChI is InChI=1S/C41H39NO4/c1-26-11-16-30-34(23-26)40(2,3)38-31-17-18-41(27-9-7-6-8-10-27,28-12-14-29(15-13-28)42-19-21-45-22-20-42)46-39(31)33-25-36(44-5)35(43-4)24-32(33)37(30)38/h6-18,23-25H,19-22H2,1-5H3. The van der Waals surface area contributed by atoms with E-state index in [4.69, 9.17) is 18.9 Å². The number of anilines is 1. The fraction of sp³-hybridized carbons (Fsp3) is 0.268. The van der Waals surface area contributed by atoms with Gasteiger partial charge in [-0.15, -0.1) is 0 Å². The maximum absolute atomic E-state index is 7.49. The Morgan fingerprint density at radius 2 is 1.43 bits per heavy atom. The minimum Gasteiger partial charge on any atom is -0.493 e. The first-order valence-electron chi connectivity index (χ1n) is 16.1. The van der Waals surface area contributed by atoms with Crippen molar-refractivity contribution in [3.8, 4) is 28.4 Å². The van der Waals surface area contributed by atoms with Crippen molar-refractivity contribution in [3.05, 3.63) is 124 Å². The lowest BCUT2D eigenvalue weighted by molar-refractivity contribution is 0.122. The zero-order valence-electron chi connectivity index (χ0n) is 27.1. The van der Waals surface area contributed by atoms with Gasteiger partial charge in [0.25, 0.3) is 0 Å². The quantitative estimate of drug-likeness (QED) is 0.199. The Morgan fingerprint density at radius 1 is 0.761 bits per heavy atom. The molecule has 0 saturated carbocycles. The van der Waals surface area contributed by atoms with E-state index in [9.17, 15) is 0 Å². The third kappa shape index (κ3) is 4.18. The third-order valence-electron chi connectivity index (χ3n) is 10.2. The molecule has 5 heteroatoms. The van der Waals surface area contributed by atoms with Crippen LogP contribution >= 0.6 is 0 Å². The van der Waals surface area contributed by atoms with Gasteiger partial charge in [-0.3, -0.25) is 0 Å². The van der Waals surface area contributed by atoms with Crippen molar-refractivity contribution in [2.75, 3.05) is 45.4 Å². The van der Waals surface area contributed by atoms with Crippen LogP contribution in [-0.2, 0) is 15.8 Å². The number of fused-ring (bicyclic) bond motifs is 8. The monoisotopic (exact) mass is 609 g/mol. The maximum Gasteiger partial charge on any atom is 0.178 e. The van der Waals surface area contributed by atoms with Gasteiger partial charge in [0.2, 0.25) is 0 Å². The molecule has 0 aromatic heterocycles. The Kier molecular flexibility index (Phi) is 6.66. The predicted octanol–water partition coefficient (Wildman–Crippen LogP) is 8.66. The molecule has 2 aliphatic heterocycles. The molecule has 5 aromatic carbocycles. The molecule has 1 saturated heterocycles. The van der Waals surface area contributed by atoms with Crippen LogP contribution in [-0.4, -0.2) is 40.5 Å². The van der Waals surface area contributed by atoms with E-state index in [0.717, 1.165) is 59.5 Å². The molecule has 0 radical (unpaired) electrons. The summed E-state index contributed by atoms with van der Waals surface area (Å²) in [6, 6.07) is 30.5. The van der Waals surface area contributed by atoms with E-state index in [2.05, 4.69) is 123 Å². The van der Waals surface area contributed by atoms with E-state index in [1.165, 1.54) is 33.5 Å². The predicted molar refractivity (Wildman–Crippen MR) is 186 cm³/mol. The second-order valence-corrected chi connectivity index (χ2v) is 13.1. The van der Waals surface area contributed by atoms with Gasteiger partial charge in [0.15, 0.2) is 17.1 Å². The molecule has 5 aromatic rings. The number of rotatable bonds is 5. The lowest BCUT2D eigenvalue weighted by Gasteiger charge is -2.39. The number of hydrogen-bond acceptors (Lipinski definition) is 5. The number of hydrogen-bond donors (Lipinski definition) is 0. The van der Waals surface area contributed by atoms with E-state index < -0.39 is 5.60 Å². The molecule has 3 aliphatic rings. The molecule has 1 atom stereocenters. The van der Waals surface area contributed by atoms with Gasteiger partial charge in [-0.05, 0) is 64.9 Å². The Morgan fingerprint density at radius 3 is 2.13 bits per heavy atom. The summed E-state index contributed by atoms with van der Waals surface area (Å²) in [6.45, 7) is 10.1. The Balaban J connectivity index is 1.39. The largest absolute Gasteiger partial charge is 0.493 e. The highest BCUT2D eigenvalue weighted by atomic mass is 16.5. The van der Waals surface area contributed by atoms with Gasteiger partial charge in [-0.1, -0.05) is 86.2 Å². The summed E-state index contributed by atoms with van der Waals surface area (Å²) >= 11 is 0. The minimum absolute atomic E-state index is 0.234. The number of ether oxygens (including phenoxy) is 4. The number of morpholine rings is 1. The Bertz CT molecular complexity index is 2010. The van der Waals surface area contributed by atoms with Crippen molar-refractivity contribution in [1.82, 2.24) is 0 Å². The molecule has 5 nitrogen and oxygen atoms in total. The molecule has 1 aliphatic carbocycles. The maximum atomic E-state index is 7.49. The van der Waals surface area contributed by atoms with Gasteiger partial charge in [0.05, 0.1) is 27.4 Å². The van der Waals surface area contributed by atoms with E-state index in [-0.39, 0.29) is 5.41 Å². The summed E-state index contributed by atoms with van der Waals surface area (Å²) in [7, 11) is 3.39. The van der Waals surface area contributed by atoms with Crippen LogP contribution in [0.15, 0.2) is 91.0 Å². The minimum atomic E-state index is -0.835. The molecule has 8 rings (SSSR count). The fourth-order valence-corrected chi connectivity index (χ4v) is 7.83. The molecular weight excluding hydrogens is 570 g/mol. The summed E-state index contributed by atoms with van der Waals surface area (Å²) in [5.41, 5.74) is 9.77. The second kappa shape index (κ2) is 10.7. The van der Waals surface area contributed by atoms with Crippen LogP contribution in [0, 0.1) is 6.92 Å². The average Bonchev–Trinajstić information content (AvgIpc) is 3.34. The molecule has 0 spiro atoms. The summed E-state index contributed by atoms with van der Waals surface area (Å²) in [5, 5.41) is 2.10. The highest BCUT2D eigenvalue weighted by molar-refractivity contribution is 6.09. The molecule has 1 unspecified atom stereocenters. The van der Waals surface area contributed by atoms with Crippen LogP contribution in [0.5, 0.6) is 17.2 Å². The van der Waals surface area contributed by atoms with Crippen molar-refractivity contribution in [2.45, 2.75) is 31.8 Å². The summed E-state index contributed by atoms with van der Waals surface area (Å²) < 4.78 is 24.8. The van der Waals surface area contributed by atoms with E-state index in [1.807, 2.05) is 0 Å². The lowest BCUT2D eigenvalue weighted by Crippen LogP contribution is -2.37. The van der Waals surface area contributed by atoms with Crippen LogP contribution in [0.2, 0.25) is 0 Å². The van der Waals surface area contributed by atoms with Crippen LogP contribution < -0.4 is 19.1 Å². The van der Waals surface area contributed by atoms with E-state index in [0.29, 0.717) is 11.5 Å². The fourth-order valence-electron chi connectivity index (χ4n) is 7.83. The first-order valence-corrected chi connectivity index (χ1v) is 16.1. The van der Waals surface area contributed by atoms with E-state index in [1.54, 1.807) is 14.2 Å². The normalized spacial score (nSPS) is 19.3.